The molecule has 88 valence electrons. The summed E-state index contributed by atoms with van der Waals surface area (Å²) in [4.78, 5) is 4.58. The fraction of sp³-hybridized carbons (Fsp3) is 0.312. The zero-order chi connectivity index (χ0) is 12.3. The number of nitrogens with zero attached hydrogens (tertiary/aromatic N) is 1. The van der Waals surface area contributed by atoms with Gasteiger partial charge in [0.2, 0.25) is 0 Å². The third-order valence-corrected chi connectivity index (χ3v) is 3.10. The molecule has 0 unspecified atom stereocenters. The van der Waals surface area contributed by atoms with E-state index in [1.165, 1.54) is 16.7 Å². The van der Waals surface area contributed by atoms with Crippen molar-refractivity contribution >= 4 is 0 Å². The van der Waals surface area contributed by atoms with Crippen LogP contribution in [0.15, 0.2) is 42.6 Å². The van der Waals surface area contributed by atoms with Gasteiger partial charge in [-0.25, -0.2) is 0 Å². The van der Waals surface area contributed by atoms with E-state index in [0.29, 0.717) is 5.92 Å². The van der Waals surface area contributed by atoms with Crippen LogP contribution in [0.25, 0.3) is 11.3 Å². The molecule has 1 heteroatoms. The van der Waals surface area contributed by atoms with Gasteiger partial charge in [-0.1, -0.05) is 51.1 Å². The summed E-state index contributed by atoms with van der Waals surface area (Å²) in [5.74, 6) is 0.544. The Morgan fingerprint density at radius 2 is 1.82 bits per heavy atom. The number of hydrogen-bond donors (Lipinski definition) is 0. The van der Waals surface area contributed by atoms with Crippen molar-refractivity contribution in [3.8, 4) is 11.3 Å². The van der Waals surface area contributed by atoms with E-state index >= 15 is 0 Å². The molecule has 2 aromatic rings. The molecule has 0 amide bonds. The number of benzene rings is 1. The molecule has 0 aliphatic carbocycles. The van der Waals surface area contributed by atoms with Crippen molar-refractivity contribution in [1.82, 2.24) is 4.98 Å². The lowest BCUT2D eigenvalue weighted by atomic mass is 9.96. The molecule has 0 spiro atoms. The summed E-state index contributed by atoms with van der Waals surface area (Å²) in [5, 5.41) is 0. The van der Waals surface area contributed by atoms with Gasteiger partial charge in [0.25, 0.3) is 0 Å². The van der Waals surface area contributed by atoms with E-state index in [1.54, 1.807) is 0 Å². The first-order valence-corrected chi connectivity index (χ1v) is 6.26. The summed E-state index contributed by atoms with van der Waals surface area (Å²) in [6.45, 7) is 6.65. The topological polar surface area (TPSA) is 12.9 Å². The van der Waals surface area contributed by atoms with Crippen LogP contribution in [-0.2, 0) is 6.42 Å². The van der Waals surface area contributed by atoms with Crippen LogP contribution in [0.1, 0.15) is 37.8 Å². The minimum Gasteiger partial charge on any atom is -0.256 e. The molecule has 1 nitrogen and oxygen atoms in total. The van der Waals surface area contributed by atoms with Gasteiger partial charge in [0.05, 0.1) is 5.69 Å². The number of aromatic nitrogens is 1. The lowest BCUT2D eigenvalue weighted by molar-refractivity contribution is 0.836. The van der Waals surface area contributed by atoms with Crippen molar-refractivity contribution in [3.63, 3.8) is 0 Å². The second-order valence-corrected chi connectivity index (χ2v) is 4.64. The van der Waals surface area contributed by atoms with Gasteiger partial charge in [-0.2, -0.15) is 0 Å². The summed E-state index contributed by atoms with van der Waals surface area (Å²) >= 11 is 0. The van der Waals surface area contributed by atoms with Gasteiger partial charge in [0.15, 0.2) is 0 Å². The molecule has 0 atom stereocenters. The summed E-state index contributed by atoms with van der Waals surface area (Å²) in [5.41, 5.74) is 5.05. The lowest BCUT2D eigenvalue weighted by Gasteiger charge is -2.12. The second kappa shape index (κ2) is 5.13. The highest BCUT2D eigenvalue weighted by Gasteiger charge is 2.08. The Kier molecular flexibility index (Phi) is 3.58. The average molecular weight is 225 g/mol. The highest BCUT2D eigenvalue weighted by Crippen LogP contribution is 2.24. The molecular formula is C16H19N. The van der Waals surface area contributed by atoms with Crippen molar-refractivity contribution < 1.29 is 0 Å². The fourth-order valence-corrected chi connectivity index (χ4v) is 2.10. The molecule has 0 bridgehead atoms. The summed E-state index contributed by atoms with van der Waals surface area (Å²) < 4.78 is 0. The molecule has 2 rings (SSSR count). The van der Waals surface area contributed by atoms with Gasteiger partial charge in [-0.3, -0.25) is 4.98 Å². The number of hydrogen-bond acceptors (Lipinski definition) is 1. The molecule has 0 radical (unpaired) electrons. The predicted molar refractivity (Wildman–Crippen MR) is 73.1 cm³/mol. The molecule has 0 saturated carbocycles. The third-order valence-electron chi connectivity index (χ3n) is 3.10. The molecule has 0 aliphatic rings. The molecular weight excluding hydrogens is 206 g/mol. The zero-order valence-corrected chi connectivity index (χ0v) is 10.8. The van der Waals surface area contributed by atoms with E-state index in [4.69, 9.17) is 0 Å². The average Bonchev–Trinajstić information content (AvgIpc) is 2.39. The van der Waals surface area contributed by atoms with Gasteiger partial charge in [-0.05, 0) is 29.5 Å². The molecule has 17 heavy (non-hydrogen) atoms. The number of pyridine rings is 1. The zero-order valence-electron chi connectivity index (χ0n) is 10.8. The minimum atomic E-state index is 0.544. The summed E-state index contributed by atoms with van der Waals surface area (Å²) in [6.07, 6.45) is 3.10. The highest BCUT2D eigenvalue weighted by molar-refractivity contribution is 5.60. The molecule has 1 heterocycles. The Bertz CT molecular complexity index is 486. The monoisotopic (exact) mass is 225 g/mol. The van der Waals surface area contributed by atoms with Crippen molar-refractivity contribution in [2.24, 2.45) is 0 Å². The summed E-state index contributed by atoms with van der Waals surface area (Å²) in [6, 6.07) is 12.6. The maximum atomic E-state index is 4.58. The molecule has 1 aromatic heterocycles. The fourth-order valence-electron chi connectivity index (χ4n) is 2.10. The molecule has 0 aliphatic heterocycles. The van der Waals surface area contributed by atoms with E-state index < -0.39 is 0 Å². The first kappa shape index (κ1) is 11.8. The SMILES string of the molecule is CCc1cc(-c2ccccc2)ncc1C(C)C. The highest BCUT2D eigenvalue weighted by atomic mass is 14.7. The van der Waals surface area contributed by atoms with E-state index in [0.717, 1.165) is 12.1 Å². The Morgan fingerprint density at radius 1 is 1.12 bits per heavy atom. The first-order chi connectivity index (χ1) is 8.22. The minimum absolute atomic E-state index is 0.544. The third kappa shape index (κ3) is 2.55. The van der Waals surface area contributed by atoms with Crippen molar-refractivity contribution in [2.75, 3.05) is 0 Å². The summed E-state index contributed by atoms with van der Waals surface area (Å²) in [7, 11) is 0. The van der Waals surface area contributed by atoms with Gasteiger partial charge >= 0.3 is 0 Å². The maximum Gasteiger partial charge on any atom is 0.0704 e. The maximum absolute atomic E-state index is 4.58. The molecule has 0 fully saturated rings. The Balaban J connectivity index is 2.45. The molecule has 0 saturated heterocycles. The van der Waals surface area contributed by atoms with Gasteiger partial charge in [0.1, 0.15) is 0 Å². The quantitative estimate of drug-likeness (QED) is 0.752. The van der Waals surface area contributed by atoms with Crippen molar-refractivity contribution in [2.45, 2.75) is 33.1 Å². The standard InChI is InChI=1S/C16H19N/c1-4-13-10-16(14-8-6-5-7-9-14)17-11-15(13)12(2)3/h5-12H,4H2,1-3H3. The second-order valence-electron chi connectivity index (χ2n) is 4.64. The van der Waals surface area contributed by atoms with Crippen molar-refractivity contribution in [1.29, 1.82) is 0 Å². The van der Waals surface area contributed by atoms with E-state index in [2.05, 4.69) is 56.1 Å². The van der Waals surface area contributed by atoms with Crippen LogP contribution in [0.2, 0.25) is 0 Å². The van der Waals surface area contributed by atoms with Crippen LogP contribution in [0.3, 0.4) is 0 Å². The van der Waals surface area contributed by atoms with Gasteiger partial charge in [-0.15, -0.1) is 0 Å². The van der Waals surface area contributed by atoms with Gasteiger partial charge < -0.3 is 0 Å². The smallest absolute Gasteiger partial charge is 0.0704 e. The van der Waals surface area contributed by atoms with Crippen LogP contribution in [0.5, 0.6) is 0 Å². The van der Waals surface area contributed by atoms with Crippen LogP contribution >= 0.6 is 0 Å². The van der Waals surface area contributed by atoms with Gasteiger partial charge in [0, 0.05) is 11.8 Å². The molecule has 1 aromatic carbocycles. The normalized spacial score (nSPS) is 10.8. The largest absolute Gasteiger partial charge is 0.256 e. The Labute approximate surface area is 104 Å². The van der Waals surface area contributed by atoms with E-state index in [9.17, 15) is 0 Å². The van der Waals surface area contributed by atoms with E-state index in [-0.39, 0.29) is 0 Å². The molecule has 0 N–H and O–H groups in total. The van der Waals surface area contributed by atoms with Crippen LogP contribution in [0.4, 0.5) is 0 Å². The Morgan fingerprint density at radius 3 is 2.41 bits per heavy atom. The van der Waals surface area contributed by atoms with Crippen molar-refractivity contribution in [3.05, 3.63) is 53.7 Å². The number of rotatable bonds is 3. The van der Waals surface area contributed by atoms with E-state index in [1.807, 2.05) is 12.3 Å². The predicted octanol–water partition coefficient (Wildman–Crippen LogP) is 4.43. The lowest BCUT2D eigenvalue weighted by Crippen LogP contribution is -1.98. The number of aryl methyl sites for hydroxylation is 1. The van der Waals surface area contributed by atoms with Crippen LogP contribution in [0, 0.1) is 0 Å². The van der Waals surface area contributed by atoms with Crippen LogP contribution in [-0.4, -0.2) is 4.98 Å². The van der Waals surface area contributed by atoms with Crippen LogP contribution < -0.4 is 0 Å². The Hall–Kier alpha value is -1.63. The first-order valence-electron chi connectivity index (χ1n) is 6.26.